The number of carbonyl (C=O) groups excluding carboxylic acids is 2. The lowest BCUT2D eigenvalue weighted by Gasteiger charge is -2.14. The number of hydrogen-bond acceptors (Lipinski definition) is 4. The van der Waals surface area contributed by atoms with Crippen LogP contribution in [0.2, 0.25) is 0 Å². The zero-order valence-electron chi connectivity index (χ0n) is 14.5. The Morgan fingerprint density at radius 3 is 2.81 bits per heavy atom. The predicted octanol–water partition coefficient (Wildman–Crippen LogP) is 3.33. The van der Waals surface area contributed by atoms with Crippen molar-refractivity contribution in [1.82, 2.24) is 10.2 Å². The molecular weight excluding hydrogens is 412 g/mol. The Balaban J connectivity index is 1.50. The minimum absolute atomic E-state index is 0.110. The number of H-pyrrole nitrogens is 1. The number of carbonyl (C=O) groups is 2. The molecule has 4 rings (SSSR count). The number of nitrogens with zero attached hydrogens (tertiary/aromatic N) is 2. The number of anilines is 2. The number of hydrogen-bond donors (Lipinski definition) is 2. The van der Waals surface area contributed by atoms with Gasteiger partial charge in [-0.25, -0.2) is 0 Å². The molecular formula is C19H17BrN4O3. The highest BCUT2D eigenvalue weighted by atomic mass is 79.9. The average molecular weight is 429 g/mol. The maximum absolute atomic E-state index is 12.6. The molecule has 1 atom stereocenters. The van der Waals surface area contributed by atoms with Crippen LogP contribution in [-0.2, 0) is 9.59 Å². The molecule has 0 radical (unpaired) electrons. The van der Waals surface area contributed by atoms with Crippen LogP contribution in [0, 0.1) is 5.92 Å². The first kappa shape index (κ1) is 17.5. The van der Waals surface area contributed by atoms with E-state index >= 15 is 0 Å². The second kappa shape index (κ2) is 7.03. The van der Waals surface area contributed by atoms with Crippen molar-refractivity contribution in [3.63, 3.8) is 0 Å². The van der Waals surface area contributed by atoms with Gasteiger partial charge in [0.1, 0.15) is 5.75 Å². The van der Waals surface area contributed by atoms with Crippen molar-refractivity contribution in [2.75, 3.05) is 23.9 Å². The summed E-state index contributed by atoms with van der Waals surface area (Å²) in [5.41, 5.74) is 1.50. The maximum atomic E-state index is 12.6. The molecule has 0 aliphatic carbocycles. The fourth-order valence-corrected chi connectivity index (χ4v) is 3.55. The topological polar surface area (TPSA) is 87.3 Å². The number of nitrogens with one attached hydrogen (secondary N) is 2. The van der Waals surface area contributed by atoms with Crippen LogP contribution < -0.4 is 15.0 Å². The van der Waals surface area contributed by atoms with Gasteiger partial charge in [-0.1, -0.05) is 15.9 Å². The van der Waals surface area contributed by atoms with Crippen LogP contribution in [0.4, 0.5) is 11.5 Å². The molecule has 2 amide bonds. The number of methoxy groups -OCH3 is 1. The number of aromatic amines is 1. The summed E-state index contributed by atoms with van der Waals surface area (Å²) >= 11 is 3.42. The molecule has 27 heavy (non-hydrogen) atoms. The molecule has 1 saturated heterocycles. The van der Waals surface area contributed by atoms with Gasteiger partial charge in [-0.15, -0.1) is 0 Å². The molecule has 2 N–H and O–H groups in total. The van der Waals surface area contributed by atoms with Gasteiger partial charge in [-0.3, -0.25) is 19.6 Å². The molecule has 1 fully saturated rings. The van der Waals surface area contributed by atoms with E-state index in [2.05, 4.69) is 31.4 Å². The Morgan fingerprint density at radius 2 is 2.07 bits per heavy atom. The van der Waals surface area contributed by atoms with Gasteiger partial charge in [0.05, 0.1) is 18.5 Å². The Labute approximate surface area is 163 Å². The van der Waals surface area contributed by atoms with Crippen LogP contribution in [-0.4, -0.2) is 35.7 Å². The Hall–Kier alpha value is -2.87. The Bertz CT molecular complexity index is 1020. The number of benzene rings is 2. The monoisotopic (exact) mass is 428 g/mol. The molecule has 1 aromatic heterocycles. The van der Waals surface area contributed by atoms with Gasteiger partial charge >= 0.3 is 0 Å². The highest BCUT2D eigenvalue weighted by Gasteiger charge is 2.36. The molecule has 0 bridgehead atoms. The molecule has 1 aliphatic rings. The van der Waals surface area contributed by atoms with Gasteiger partial charge in [0.2, 0.25) is 11.8 Å². The molecule has 1 unspecified atom stereocenters. The van der Waals surface area contributed by atoms with Crippen LogP contribution in [0.1, 0.15) is 6.42 Å². The van der Waals surface area contributed by atoms with Crippen LogP contribution in [0.3, 0.4) is 0 Å². The smallest absolute Gasteiger partial charge is 0.229 e. The summed E-state index contributed by atoms with van der Waals surface area (Å²) < 4.78 is 6.03. The van der Waals surface area contributed by atoms with E-state index in [1.54, 1.807) is 36.3 Å². The maximum Gasteiger partial charge on any atom is 0.229 e. The lowest BCUT2D eigenvalue weighted by atomic mass is 10.1. The molecule has 8 heteroatoms. The standard InChI is InChI=1S/C19H17BrN4O3/c1-27-14-5-3-13(4-6-14)21-19(26)11-8-17(25)24(10-11)18-15-7-2-12(20)9-16(15)22-23-18/h2-7,9,11H,8,10H2,1H3,(H,21,26)(H,22,23). The Kier molecular flexibility index (Phi) is 4.57. The molecule has 1 aliphatic heterocycles. The predicted molar refractivity (Wildman–Crippen MR) is 106 cm³/mol. The third-order valence-electron chi connectivity index (χ3n) is 4.61. The van der Waals surface area contributed by atoms with E-state index in [9.17, 15) is 9.59 Å². The highest BCUT2D eigenvalue weighted by molar-refractivity contribution is 9.10. The lowest BCUT2D eigenvalue weighted by Crippen LogP contribution is -2.28. The molecule has 2 heterocycles. The van der Waals surface area contributed by atoms with E-state index in [0.717, 1.165) is 15.4 Å². The Morgan fingerprint density at radius 1 is 1.30 bits per heavy atom. The molecule has 138 valence electrons. The minimum atomic E-state index is -0.429. The third kappa shape index (κ3) is 3.40. The van der Waals surface area contributed by atoms with Gasteiger partial charge in [-0.2, -0.15) is 5.10 Å². The summed E-state index contributed by atoms with van der Waals surface area (Å²) in [6, 6.07) is 12.8. The zero-order chi connectivity index (χ0) is 19.0. The number of amides is 2. The minimum Gasteiger partial charge on any atom is -0.497 e. The van der Waals surface area contributed by atoms with Gasteiger partial charge in [0.15, 0.2) is 5.82 Å². The van der Waals surface area contributed by atoms with E-state index in [1.165, 1.54) is 0 Å². The van der Waals surface area contributed by atoms with Gasteiger partial charge in [-0.05, 0) is 42.5 Å². The largest absolute Gasteiger partial charge is 0.497 e. The first-order valence-corrected chi connectivity index (χ1v) is 9.23. The highest BCUT2D eigenvalue weighted by Crippen LogP contribution is 2.31. The summed E-state index contributed by atoms with van der Waals surface area (Å²) in [4.78, 5) is 26.7. The van der Waals surface area contributed by atoms with Crippen molar-refractivity contribution in [1.29, 1.82) is 0 Å². The summed E-state index contributed by atoms with van der Waals surface area (Å²) in [7, 11) is 1.59. The van der Waals surface area contributed by atoms with Crippen LogP contribution in [0.5, 0.6) is 5.75 Å². The quantitative estimate of drug-likeness (QED) is 0.666. The third-order valence-corrected chi connectivity index (χ3v) is 5.11. The molecule has 0 saturated carbocycles. The van der Waals surface area contributed by atoms with E-state index < -0.39 is 5.92 Å². The van der Waals surface area contributed by atoms with Gasteiger partial charge in [0.25, 0.3) is 0 Å². The summed E-state index contributed by atoms with van der Waals surface area (Å²) in [6.07, 6.45) is 0.160. The number of fused-ring (bicyclic) bond motifs is 1. The van der Waals surface area contributed by atoms with Crippen molar-refractivity contribution in [2.45, 2.75) is 6.42 Å². The van der Waals surface area contributed by atoms with Crippen molar-refractivity contribution < 1.29 is 14.3 Å². The van der Waals surface area contributed by atoms with E-state index in [0.29, 0.717) is 23.8 Å². The van der Waals surface area contributed by atoms with Crippen molar-refractivity contribution in [3.8, 4) is 5.75 Å². The lowest BCUT2D eigenvalue weighted by molar-refractivity contribution is -0.122. The molecule has 2 aromatic carbocycles. The van der Waals surface area contributed by atoms with Crippen LogP contribution in [0.15, 0.2) is 46.9 Å². The first-order chi connectivity index (χ1) is 13.0. The van der Waals surface area contributed by atoms with Crippen molar-refractivity contribution in [3.05, 3.63) is 46.9 Å². The summed E-state index contributed by atoms with van der Waals surface area (Å²) in [6.45, 7) is 0.302. The fourth-order valence-electron chi connectivity index (χ4n) is 3.19. The van der Waals surface area contributed by atoms with E-state index in [1.807, 2.05) is 18.2 Å². The second-order valence-corrected chi connectivity index (χ2v) is 7.28. The van der Waals surface area contributed by atoms with E-state index in [4.69, 9.17) is 4.74 Å². The zero-order valence-corrected chi connectivity index (χ0v) is 16.1. The first-order valence-electron chi connectivity index (χ1n) is 8.44. The van der Waals surface area contributed by atoms with Crippen LogP contribution >= 0.6 is 15.9 Å². The number of aromatic nitrogens is 2. The molecule has 0 spiro atoms. The summed E-state index contributed by atoms with van der Waals surface area (Å²) in [5.74, 6) is 0.552. The average Bonchev–Trinajstić information content (AvgIpc) is 3.25. The summed E-state index contributed by atoms with van der Waals surface area (Å²) in [5, 5.41) is 10.9. The van der Waals surface area contributed by atoms with Gasteiger partial charge < -0.3 is 10.1 Å². The van der Waals surface area contributed by atoms with Crippen LogP contribution in [0.25, 0.3) is 10.9 Å². The van der Waals surface area contributed by atoms with Crippen molar-refractivity contribution >= 4 is 50.2 Å². The number of rotatable bonds is 4. The fraction of sp³-hybridized carbons (Fsp3) is 0.211. The van der Waals surface area contributed by atoms with Gasteiger partial charge in [0, 0.05) is 28.5 Å². The SMILES string of the molecule is COc1ccc(NC(=O)C2CC(=O)N(c3n[nH]c4cc(Br)ccc34)C2)cc1. The van der Waals surface area contributed by atoms with Crippen molar-refractivity contribution in [2.24, 2.45) is 5.92 Å². The number of halogens is 1. The molecule has 7 nitrogen and oxygen atoms in total. The number of ether oxygens (including phenoxy) is 1. The normalized spacial score (nSPS) is 16.7. The van der Waals surface area contributed by atoms with E-state index in [-0.39, 0.29) is 18.2 Å². The second-order valence-electron chi connectivity index (χ2n) is 6.36. The molecule has 3 aromatic rings.